The van der Waals surface area contributed by atoms with Crippen molar-refractivity contribution in [3.05, 3.63) is 0 Å². The molecule has 2 heterocycles. The van der Waals surface area contributed by atoms with Crippen molar-refractivity contribution in [3.8, 4) is 0 Å². The average molecular weight is 173 g/mol. The highest BCUT2D eigenvalue weighted by atomic mass is 32.2. The number of hydrogen-bond acceptors (Lipinski definition) is 3. The molecule has 0 aliphatic carbocycles. The Kier molecular flexibility index (Phi) is 2.12. The molecule has 0 aromatic carbocycles. The van der Waals surface area contributed by atoms with Crippen LogP contribution in [0.1, 0.15) is 13.3 Å². The van der Waals surface area contributed by atoms with Gasteiger partial charge in [0.25, 0.3) is 0 Å². The van der Waals surface area contributed by atoms with Gasteiger partial charge in [-0.2, -0.15) is 11.8 Å². The summed E-state index contributed by atoms with van der Waals surface area (Å²) in [6, 6.07) is 0.777. The molecule has 2 aliphatic rings. The Balaban J connectivity index is 1.87. The predicted molar refractivity (Wildman–Crippen MR) is 47.9 cm³/mol. The average Bonchev–Trinajstić information content (AvgIpc) is 2.45. The summed E-state index contributed by atoms with van der Waals surface area (Å²) in [5, 5.41) is 10.1. The van der Waals surface area contributed by atoms with Gasteiger partial charge < -0.3 is 5.11 Å². The maximum absolute atomic E-state index is 9.19. The minimum atomic E-state index is -0.153. The molecule has 0 saturated carbocycles. The zero-order chi connectivity index (χ0) is 7.84. The van der Waals surface area contributed by atoms with Crippen LogP contribution in [0.25, 0.3) is 0 Å². The topological polar surface area (TPSA) is 23.5 Å². The first-order valence-electron chi connectivity index (χ1n) is 4.29. The van der Waals surface area contributed by atoms with Gasteiger partial charge in [0.05, 0.1) is 6.10 Å². The maximum atomic E-state index is 9.19. The summed E-state index contributed by atoms with van der Waals surface area (Å²) in [6.45, 7) is 3.96. The summed E-state index contributed by atoms with van der Waals surface area (Å²) in [5.74, 6) is 1.29. The SMILES string of the molecule is CC(O)CN1CC2CC1CS2. The predicted octanol–water partition coefficient (Wildman–Crippen LogP) is 0.557. The minimum Gasteiger partial charge on any atom is -0.392 e. The van der Waals surface area contributed by atoms with Crippen LogP contribution in [-0.4, -0.2) is 46.2 Å². The number of likely N-dealkylation sites (tertiary alicyclic amines) is 1. The van der Waals surface area contributed by atoms with E-state index >= 15 is 0 Å². The van der Waals surface area contributed by atoms with Crippen LogP contribution in [0, 0.1) is 0 Å². The zero-order valence-corrected chi connectivity index (χ0v) is 7.68. The van der Waals surface area contributed by atoms with Crippen LogP contribution in [0.5, 0.6) is 0 Å². The summed E-state index contributed by atoms with van der Waals surface area (Å²) in [6.07, 6.45) is 1.21. The largest absolute Gasteiger partial charge is 0.392 e. The van der Waals surface area contributed by atoms with E-state index in [1.807, 2.05) is 6.92 Å². The molecule has 2 saturated heterocycles. The zero-order valence-electron chi connectivity index (χ0n) is 6.86. The van der Waals surface area contributed by atoms with E-state index in [0.717, 1.165) is 17.8 Å². The van der Waals surface area contributed by atoms with Crippen LogP contribution in [0.4, 0.5) is 0 Å². The third-order valence-electron chi connectivity index (χ3n) is 2.51. The number of nitrogens with zero attached hydrogens (tertiary/aromatic N) is 1. The lowest BCUT2D eigenvalue weighted by atomic mass is 10.2. The fourth-order valence-corrected chi connectivity index (χ4v) is 3.54. The highest BCUT2D eigenvalue weighted by Crippen LogP contribution is 2.37. The van der Waals surface area contributed by atoms with E-state index in [4.69, 9.17) is 0 Å². The molecule has 0 radical (unpaired) electrons. The number of aliphatic hydroxyl groups excluding tert-OH is 1. The number of β-amino-alcohol motifs (C(OH)–C–C–N with tert-alkyl or cyclic N) is 1. The molecule has 3 unspecified atom stereocenters. The number of aliphatic hydroxyl groups is 1. The number of hydrogen-bond donors (Lipinski definition) is 1. The molecule has 0 aromatic heterocycles. The Morgan fingerprint density at radius 3 is 3.00 bits per heavy atom. The molecular formula is C8H15NOS. The van der Waals surface area contributed by atoms with Crippen LogP contribution in [0.15, 0.2) is 0 Å². The van der Waals surface area contributed by atoms with Gasteiger partial charge in [0.1, 0.15) is 0 Å². The molecule has 64 valence electrons. The Morgan fingerprint density at radius 2 is 2.55 bits per heavy atom. The van der Waals surface area contributed by atoms with Crippen LogP contribution in [-0.2, 0) is 0 Å². The molecular weight excluding hydrogens is 158 g/mol. The molecule has 2 bridgehead atoms. The Bertz CT molecular complexity index is 151. The summed E-state index contributed by atoms with van der Waals surface area (Å²) in [5.41, 5.74) is 0. The van der Waals surface area contributed by atoms with Gasteiger partial charge in [-0.15, -0.1) is 0 Å². The molecule has 3 heteroatoms. The minimum absolute atomic E-state index is 0.153. The van der Waals surface area contributed by atoms with Gasteiger partial charge in [0.15, 0.2) is 0 Å². The van der Waals surface area contributed by atoms with Crippen molar-refractivity contribution in [1.29, 1.82) is 0 Å². The second-order valence-corrected chi connectivity index (χ2v) is 4.98. The van der Waals surface area contributed by atoms with Crippen LogP contribution in [0.2, 0.25) is 0 Å². The molecule has 2 nitrogen and oxygen atoms in total. The maximum Gasteiger partial charge on any atom is 0.0639 e. The molecule has 2 aliphatic heterocycles. The van der Waals surface area contributed by atoms with Gasteiger partial charge in [-0.05, 0) is 13.3 Å². The quantitative estimate of drug-likeness (QED) is 0.660. The highest BCUT2D eigenvalue weighted by Gasteiger charge is 2.38. The van der Waals surface area contributed by atoms with Crippen molar-refractivity contribution in [1.82, 2.24) is 4.90 Å². The molecule has 2 rings (SSSR count). The lowest BCUT2D eigenvalue weighted by Gasteiger charge is -2.27. The van der Waals surface area contributed by atoms with Crippen LogP contribution in [0.3, 0.4) is 0 Å². The molecule has 1 N–H and O–H groups in total. The first-order chi connectivity index (χ1) is 5.25. The molecule has 11 heavy (non-hydrogen) atoms. The lowest BCUT2D eigenvalue weighted by molar-refractivity contribution is 0.123. The van der Waals surface area contributed by atoms with Crippen LogP contribution < -0.4 is 0 Å². The van der Waals surface area contributed by atoms with E-state index in [1.54, 1.807) is 0 Å². The van der Waals surface area contributed by atoms with Gasteiger partial charge >= 0.3 is 0 Å². The van der Waals surface area contributed by atoms with Crippen molar-refractivity contribution >= 4 is 11.8 Å². The summed E-state index contributed by atoms with van der Waals surface area (Å²) in [7, 11) is 0. The van der Waals surface area contributed by atoms with Crippen molar-refractivity contribution < 1.29 is 5.11 Å². The molecule has 3 atom stereocenters. The summed E-state index contributed by atoms with van der Waals surface area (Å²) in [4.78, 5) is 2.44. The lowest BCUT2D eigenvalue weighted by Crippen LogP contribution is -2.38. The van der Waals surface area contributed by atoms with Gasteiger partial charge in [0, 0.05) is 30.1 Å². The van der Waals surface area contributed by atoms with E-state index in [0.29, 0.717) is 0 Å². The molecule has 0 spiro atoms. The Labute approximate surface area is 72.0 Å². The number of thioether (sulfide) groups is 1. The van der Waals surface area contributed by atoms with Gasteiger partial charge in [-0.1, -0.05) is 0 Å². The normalized spacial score (nSPS) is 39.8. The van der Waals surface area contributed by atoms with Crippen molar-refractivity contribution in [3.63, 3.8) is 0 Å². The summed E-state index contributed by atoms with van der Waals surface area (Å²) >= 11 is 2.10. The van der Waals surface area contributed by atoms with E-state index in [1.165, 1.54) is 18.7 Å². The van der Waals surface area contributed by atoms with Gasteiger partial charge in [-0.25, -0.2) is 0 Å². The van der Waals surface area contributed by atoms with E-state index in [9.17, 15) is 5.11 Å². The number of fused-ring (bicyclic) bond motifs is 2. The van der Waals surface area contributed by atoms with E-state index in [2.05, 4.69) is 16.7 Å². The fourth-order valence-electron chi connectivity index (χ4n) is 2.04. The van der Waals surface area contributed by atoms with Crippen molar-refractivity contribution in [2.45, 2.75) is 30.7 Å². The van der Waals surface area contributed by atoms with Crippen molar-refractivity contribution in [2.24, 2.45) is 0 Å². The first kappa shape index (κ1) is 7.90. The number of rotatable bonds is 2. The smallest absolute Gasteiger partial charge is 0.0639 e. The third kappa shape index (κ3) is 1.55. The van der Waals surface area contributed by atoms with E-state index < -0.39 is 0 Å². The molecule has 0 amide bonds. The van der Waals surface area contributed by atoms with Gasteiger partial charge in [-0.3, -0.25) is 4.90 Å². The molecule has 0 aromatic rings. The fraction of sp³-hybridized carbons (Fsp3) is 1.00. The standard InChI is InChI=1S/C8H15NOS/c1-6(10)3-9-4-8-2-7(9)5-11-8/h6-8,10H,2-5H2,1H3. The van der Waals surface area contributed by atoms with Gasteiger partial charge in [0.2, 0.25) is 0 Å². The Morgan fingerprint density at radius 1 is 1.73 bits per heavy atom. The highest BCUT2D eigenvalue weighted by molar-refractivity contribution is 8.00. The third-order valence-corrected chi connectivity index (χ3v) is 3.90. The molecule has 2 fully saturated rings. The summed E-state index contributed by atoms with van der Waals surface area (Å²) < 4.78 is 0. The van der Waals surface area contributed by atoms with Crippen molar-refractivity contribution in [2.75, 3.05) is 18.8 Å². The first-order valence-corrected chi connectivity index (χ1v) is 5.34. The van der Waals surface area contributed by atoms with Crippen LogP contribution >= 0.6 is 11.8 Å². The second-order valence-electron chi connectivity index (χ2n) is 3.65. The Hall–Kier alpha value is 0.270. The second kappa shape index (κ2) is 2.96. The monoisotopic (exact) mass is 173 g/mol. The van der Waals surface area contributed by atoms with E-state index in [-0.39, 0.29) is 6.10 Å².